The van der Waals surface area contributed by atoms with E-state index < -0.39 is 0 Å². The van der Waals surface area contributed by atoms with E-state index in [1.807, 2.05) is 6.20 Å². The molecule has 1 saturated carbocycles. The molecule has 0 bridgehead atoms. The van der Waals surface area contributed by atoms with Crippen molar-refractivity contribution in [3.8, 4) is 0 Å². The maximum absolute atomic E-state index is 5.15. The summed E-state index contributed by atoms with van der Waals surface area (Å²) in [5, 5.41) is 3.70. The summed E-state index contributed by atoms with van der Waals surface area (Å²) >= 11 is 0. The van der Waals surface area contributed by atoms with Crippen molar-refractivity contribution in [2.75, 3.05) is 13.7 Å². The molecule has 0 amide bonds. The predicted octanol–water partition coefficient (Wildman–Crippen LogP) is 3.58. The maximum atomic E-state index is 5.15. The van der Waals surface area contributed by atoms with Crippen molar-refractivity contribution in [1.82, 2.24) is 14.9 Å². The number of hydrogen-bond acceptors (Lipinski definition) is 3. The van der Waals surface area contributed by atoms with Crippen molar-refractivity contribution in [2.24, 2.45) is 0 Å². The summed E-state index contributed by atoms with van der Waals surface area (Å²) in [6.45, 7) is 6.30. The first-order valence-corrected chi connectivity index (χ1v) is 8.40. The SMILES string of the molecule is COCCCCn1cc(C(C)NC2CC2)c2nccc(C)c21. The summed E-state index contributed by atoms with van der Waals surface area (Å²) in [5.74, 6) is 0. The van der Waals surface area contributed by atoms with Gasteiger partial charge >= 0.3 is 0 Å². The molecule has 0 spiro atoms. The number of methoxy groups -OCH3 is 1. The van der Waals surface area contributed by atoms with Crippen LogP contribution in [0.4, 0.5) is 0 Å². The average molecular weight is 301 g/mol. The van der Waals surface area contributed by atoms with E-state index in [-0.39, 0.29) is 0 Å². The molecule has 22 heavy (non-hydrogen) atoms. The van der Waals surface area contributed by atoms with Crippen molar-refractivity contribution in [1.29, 1.82) is 0 Å². The van der Waals surface area contributed by atoms with Crippen molar-refractivity contribution < 1.29 is 4.74 Å². The Hall–Kier alpha value is -1.39. The van der Waals surface area contributed by atoms with E-state index >= 15 is 0 Å². The Morgan fingerprint density at radius 1 is 1.41 bits per heavy atom. The monoisotopic (exact) mass is 301 g/mol. The number of fused-ring (bicyclic) bond motifs is 1. The summed E-state index contributed by atoms with van der Waals surface area (Å²) in [6.07, 6.45) is 9.09. The quantitative estimate of drug-likeness (QED) is 0.757. The van der Waals surface area contributed by atoms with Crippen LogP contribution in [-0.2, 0) is 11.3 Å². The molecule has 0 radical (unpaired) electrons. The number of ether oxygens (including phenoxy) is 1. The number of rotatable bonds is 8. The van der Waals surface area contributed by atoms with Crippen LogP contribution in [0.3, 0.4) is 0 Å². The fourth-order valence-electron chi connectivity index (χ4n) is 3.13. The van der Waals surface area contributed by atoms with Crippen LogP contribution < -0.4 is 5.32 Å². The van der Waals surface area contributed by atoms with Gasteiger partial charge in [0.1, 0.15) is 0 Å². The number of nitrogens with zero attached hydrogens (tertiary/aromatic N) is 2. The van der Waals surface area contributed by atoms with Crippen molar-refractivity contribution in [3.05, 3.63) is 29.6 Å². The Morgan fingerprint density at radius 2 is 2.23 bits per heavy atom. The van der Waals surface area contributed by atoms with Gasteiger partial charge in [0, 0.05) is 50.3 Å². The predicted molar refractivity (Wildman–Crippen MR) is 90.2 cm³/mol. The molecule has 1 N–H and O–H groups in total. The molecule has 0 aromatic carbocycles. The van der Waals surface area contributed by atoms with Gasteiger partial charge in [-0.05, 0) is 51.2 Å². The van der Waals surface area contributed by atoms with Gasteiger partial charge in [0.2, 0.25) is 0 Å². The second-order valence-electron chi connectivity index (χ2n) is 6.47. The highest BCUT2D eigenvalue weighted by Gasteiger charge is 2.25. The van der Waals surface area contributed by atoms with E-state index in [1.54, 1.807) is 7.11 Å². The Labute approximate surface area is 132 Å². The number of aryl methyl sites for hydroxylation is 2. The minimum Gasteiger partial charge on any atom is -0.385 e. The van der Waals surface area contributed by atoms with Crippen LogP contribution in [-0.4, -0.2) is 29.3 Å². The van der Waals surface area contributed by atoms with Crippen LogP contribution >= 0.6 is 0 Å². The van der Waals surface area contributed by atoms with Crippen molar-refractivity contribution >= 4 is 11.0 Å². The van der Waals surface area contributed by atoms with E-state index in [2.05, 4.69) is 41.0 Å². The summed E-state index contributed by atoms with van der Waals surface area (Å²) in [7, 11) is 1.77. The highest BCUT2D eigenvalue weighted by molar-refractivity contribution is 5.83. The highest BCUT2D eigenvalue weighted by atomic mass is 16.5. The zero-order valence-corrected chi connectivity index (χ0v) is 13.9. The fraction of sp³-hybridized carbons (Fsp3) is 0.611. The van der Waals surface area contributed by atoms with Crippen LogP contribution in [0.5, 0.6) is 0 Å². The second-order valence-corrected chi connectivity index (χ2v) is 6.47. The average Bonchev–Trinajstić information content (AvgIpc) is 3.23. The minimum absolute atomic E-state index is 0.365. The Bertz CT molecular complexity index is 631. The number of aromatic nitrogens is 2. The first-order chi connectivity index (χ1) is 10.7. The van der Waals surface area contributed by atoms with Crippen molar-refractivity contribution in [2.45, 2.75) is 58.2 Å². The summed E-state index contributed by atoms with van der Waals surface area (Å²) in [6, 6.07) is 3.18. The Morgan fingerprint density at radius 3 is 2.95 bits per heavy atom. The second kappa shape index (κ2) is 6.80. The fourth-order valence-corrected chi connectivity index (χ4v) is 3.13. The van der Waals surface area contributed by atoms with Gasteiger partial charge in [-0.3, -0.25) is 4.98 Å². The molecule has 0 saturated heterocycles. The van der Waals surface area contributed by atoms with Crippen molar-refractivity contribution in [3.63, 3.8) is 0 Å². The molecule has 1 unspecified atom stereocenters. The summed E-state index contributed by atoms with van der Waals surface area (Å²) < 4.78 is 7.54. The number of unbranched alkanes of at least 4 members (excludes halogenated alkanes) is 1. The lowest BCUT2D eigenvalue weighted by Crippen LogP contribution is -2.20. The molecule has 1 atom stereocenters. The van der Waals surface area contributed by atoms with Gasteiger partial charge in [-0.15, -0.1) is 0 Å². The first kappa shape index (κ1) is 15.5. The van der Waals surface area contributed by atoms with Gasteiger partial charge in [-0.2, -0.15) is 0 Å². The third kappa shape index (κ3) is 3.33. The van der Waals surface area contributed by atoms with Gasteiger partial charge in [0.15, 0.2) is 0 Å². The topological polar surface area (TPSA) is 39.1 Å². The molecule has 1 aliphatic rings. The minimum atomic E-state index is 0.365. The van der Waals surface area contributed by atoms with E-state index in [0.29, 0.717) is 12.1 Å². The summed E-state index contributed by atoms with van der Waals surface area (Å²) in [5.41, 5.74) is 5.09. The Balaban J connectivity index is 1.86. The number of pyridine rings is 1. The molecular weight excluding hydrogens is 274 g/mol. The largest absolute Gasteiger partial charge is 0.385 e. The smallest absolute Gasteiger partial charge is 0.0931 e. The van der Waals surface area contributed by atoms with E-state index in [4.69, 9.17) is 4.74 Å². The molecule has 4 nitrogen and oxygen atoms in total. The van der Waals surface area contributed by atoms with Crippen LogP contribution in [0, 0.1) is 6.92 Å². The molecule has 1 fully saturated rings. The maximum Gasteiger partial charge on any atom is 0.0931 e. The zero-order chi connectivity index (χ0) is 15.5. The molecule has 3 rings (SSSR count). The highest BCUT2D eigenvalue weighted by Crippen LogP contribution is 2.30. The standard InChI is InChI=1S/C18H27N3O/c1-13-8-9-19-17-16(14(2)20-15-6-7-15)12-21(18(13)17)10-4-5-11-22-3/h8-9,12,14-15,20H,4-7,10-11H2,1-3H3. The number of nitrogens with one attached hydrogen (secondary N) is 1. The normalized spacial score (nSPS) is 16.3. The lowest BCUT2D eigenvalue weighted by molar-refractivity contribution is 0.191. The van der Waals surface area contributed by atoms with E-state index in [1.165, 1.54) is 29.5 Å². The third-order valence-corrected chi connectivity index (χ3v) is 4.51. The Kier molecular flexibility index (Phi) is 4.79. The van der Waals surface area contributed by atoms with Gasteiger partial charge in [0.05, 0.1) is 11.0 Å². The molecule has 4 heteroatoms. The number of hydrogen-bond donors (Lipinski definition) is 1. The lowest BCUT2D eigenvalue weighted by Gasteiger charge is -2.11. The van der Waals surface area contributed by atoms with Crippen LogP contribution in [0.1, 0.15) is 49.8 Å². The van der Waals surface area contributed by atoms with Gasteiger partial charge in [-0.1, -0.05) is 0 Å². The lowest BCUT2D eigenvalue weighted by atomic mass is 10.1. The molecule has 2 aromatic rings. The van der Waals surface area contributed by atoms with Gasteiger partial charge in [0.25, 0.3) is 0 Å². The molecule has 0 aliphatic heterocycles. The van der Waals surface area contributed by atoms with Crippen LogP contribution in [0.25, 0.3) is 11.0 Å². The zero-order valence-electron chi connectivity index (χ0n) is 13.9. The molecule has 2 aromatic heterocycles. The molecular formula is C18H27N3O. The van der Waals surface area contributed by atoms with Gasteiger partial charge < -0.3 is 14.6 Å². The van der Waals surface area contributed by atoms with E-state index in [0.717, 1.165) is 31.5 Å². The first-order valence-electron chi connectivity index (χ1n) is 8.40. The molecule has 120 valence electrons. The van der Waals surface area contributed by atoms with E-state index in [9.17, 15) is 0 Å². The van der Waals surface area contributed by atoms with Crippen LogP contribution in [0.2, 0.25) is 0 Å². The third-order valence-electron chi connectivity index (χ3n) is 4.51. The summed E-state index contributed by atoms with van der Waals surface area (Å²) in [4.78, 5) is 4.67. The van der Waals surface area contributed by atoms with Gasteiger partial charge in [-0.25, -0.2) is 0 Å². The molecule has 2 heterocycles. The molecule has 1 aliphatic carbocycles. The van der Waals surface area contributed by atoms with Crippen LogP contribution in [0.15, 0.2) is 18.5 Å².